The van der Waals surface area contributed by atoms with E-state index in [-0.39, 0.29) is 6.42 Å². The van der Waals surface area contributed by atoms with E-state index in [1.807, 2.05) is 31.2 Å². The lowest BCUT2D eigenvalue weighted by Crippen LogP contribution is -2.45. The zero-order valence-corrected chi connectivity index (χ0v) is 19.9. The summed E-state index contributed by atoms with van der Waals surface area (Å²) in [4.78, 5) is 40.7. The van der Waals surface area contributed by atoms with Gasteiger partial charge in [-0.05, 0) is 48.7 Å². The first kappa shape index (κ1) is 23.5. The van der Waals surface area contributed by atoms with E-state index < -0.39 is 41.8 Å². The van der Waals surface area contributed by atoms with E-state index in [4.69, 9.17) is 4.42 Å². The summed E-state index contributed by atoms with van der Waals surface area (Å²) in [5, 5.41) is 8.58. The van der Waals surface area contributed by atoms with Crippen LogP contribution in [0, 0.1) is 12.7 Å². The van der Waals surface area contributed by atoms with Gasteiger partial charge in [-0.2, -0.15) is 5.10 Å². The zero-order chi connectivity index (χ0) is 25.4. The van der Waals surface area contributed by atoms with Crippen molar-refractivity contribution >= 4 is 23.6 Å². The molecule has 0 spiro atoms. The summed E-state index contributed by atoms with van der Waals surface area (Å²) in [6, 6.07) is 15.5. The van der Waals surface area contributed by atoms with Crippen LogP contribution in [0.5, 0.6) is 0 Å². The zero-order valence-electron chi connectivity index (χ0n) is 19.9. The number of halogens is 1. The van der Waals surface area contributed by atoms with Crippen LogP contribution in [0.15, 0.2) is 76.4 Å². The summed E-state index contributed by atoms with van der Waals surface area (Å²) in [5.41, 5.74) is 1.77. The van der Waals surface area contributed by atoms with E-state index >= 15 is 0 Å². The molecule has 1 aromatic heterocycles. The Labute approximate surface area is 207 Å². The fraction of sp³-hybridized carbons (Fsp3) is 0.259. The van der Waals surface area contributed by atoms with Crippen LogP contribution in [0.2, 0.25) is 0 Å². The molecule has 184 valence electrons. The largest absolute Gasteiger partial charge is 0.467 e. The van der Waals surface area contributed by atoms with Gasteiger partial charge in [-0.25, -0.2) is 14.2 Å². The number of hydrazone groups is 1. The minimum atomic E-state index is -1.37. The van der Waals surface area contributed by atoms with Crippen molar-refractivity contribution in [1.29, 1.82) is 0 Å². The Morgan fingerprint density at radius 3 is 2.50 bits per heavy atom. The number of amides is 4. The van der Waals surface area contributed by atoms with E-state index in [1.54, 1.807) is 19.1 Å². The van der Waals surface area contributed by atoms with Gasteiger partial charge >= 0.3 is 6.03 Å². The molecule has 0 saturated carbocycles. The predicted octanol–water partition coefficient (Wildman–Crippen LogP) is 4.26. The Morgan fingerprint density at radius 1 is 1.14 bits per heavy atom. The minimum absolute atomic E-state index is 0.238. The Morgan fingerprint density at radius 2 is 1.86 bits per heavy atom. The van der Waals surface area contributed by atoms with E-state index in [1.165, 1.54) is 35.5 Å². The molecule has 36 heavy (non-hydrogen) atoms. The summed E-state index contributed by atoms with van der Waals surface area (Å²) >= 11 is 0. The van der Waals surface area contributed by atoms with Crippen LogP contribution in [-0.4, -0.2) is 40.0 Å². The minimum Gasteiger partial charge on any atom is -0.467 e. The third-order valence-electron chi connectivity index (χ3n) is 6.76. The fourth-order valence-corrected chi connectivity index (χ4v) is 4.71. The van der Waals surface area contributed by atoms with E-state index in [2.05, 4.69) is 10.4 Å². The van der Waals surface area contributed by atoms with E-state index in [9.17, 15) is 18.8 Å². The van der Waals surface area contributed by atoms with Crippen molar-refractivity contribution in [2.24, 2.45) is 5.10 Å². The second-order valence-electron chi connectivity index (χ2n) is 8.97. The topological polar surface area (TPSA) is 95.2 Å². The SMILES string of the molecule is CCC1(c2ccc(F)cc2)NC(=O)N(CC(=O)N2N=C(c3ccc(C)cc3)CC2c2ccco2)C1=O. The molecule has 1 N–H and O–H groups in total. The van der Waals surface area contributed by atoms with Crippen molar-refractivity contribution in [2.75, 3.05) is 6.54 Å². The highest BCUT2D eigenvalue weighted by atomic mass is 19.1. The number of carbonyl (C=O) groups is 3. The van der Waals surface area contributed by atoms with Gasteiger partial charge < -0.3 is 9.73 Å². The molecule has 0 bridgehead atoms. The van der Waals surface area contributed by atoms with Gasteiger partial charge in [-0.1, -0.05) is 48.9 Å². The molecular weight excluding hydrogens is 463 g/mol. The highest BCUT2D eigenvalue weighted by molar-refractivity contribution is 6.10. The molecule has 9 heteroatoms. The summed E-state index contributed by atoms with van der Waals surface area (Å²) < 4.78 is 19.0. The predicted molar refractivity (Wildman–Crippen MR) is 129 cm³/mol. The van der Waals surface area contributed by atoms with Gasteiger partial charge in [0.05, 0.1) is 12.0 Å². The first-order chi connectivity index (χ1) is 17.3. The number of imide groups is 1. The smallest absolute Gasteiger partial charge is 0.325 e. The number of furan rings is 1. The molecule has 1 fully saturated rings. The molecule has 8 nitrogen and oxygen atoms in total. The number of carbonyl (C=O) groups excluding carboxylic acids is 3. The molecule has 3 heterocycles. The second kappa shape index (κ2) is 9.07. The molecule has 2 aliphatic heterocycles. The van der Waals surface area contributed by atoms with Crippen LogP contribution in [0.25, 0.3) is 0 Å². The van der Waals surface area contributed by atoms with Crippen molar-refractivity contribution in [3.8, 4) is 0 Å². The Balaban J connectivity index is 1.42. The van der Waals surface area contributed by atoms with E-state index in [0.717, 1.165) is 16.0 Å². The number of aryl methyl sites for hydroxylation is 1. The maximum Gasteiger partial charge on any atom is 0.325 e. The van der Waals surface area contributed by atoms with Crippen LogP contribution in [-0.2, 0) is 15.1 Å². The molecule has 4 amide bonds. The molecule has 0 radical (unpaired) electrons. The van der Waals surface area contributed by atoms with Crippen molar-refractivity contribution in [1.82, 2.24) is 15.2 Å². The molecule has 5 rings (SSSR count). The van der Waals surface area contributed by atoms with Gasteiger partial charge in [-0.3, -0.25) is 14.5 Å². The Bertz CT molecular complexity index is 1340. The van der Waals surface area contributed by atoms with Gasteiger partial charge in [0.25, 0.3) is 11.8 Å². The number of rotatable bonds is 6. The first-order valence-electron chi connectivity index (χ1n) is 11.7. The lowest BCUT2D eigenvalue weighted by molar-refractivity contribution is -0.140. The highest BCUT2D eigenvalue weighted by Gasteiger charge is 2.52. The number of benzene rings is 2. The number of urea groups is 1. The summed E-state index contributed by atoms with van der Waals surface area (Å²) in [6.07, 6.45) is 2.19. The number of nitrogens with zero attached hydrogens (tertiary/aromatic N) is 3. The van der Waals surface area contributed by atoms with Crippen LogP contribution in [0.4, 0.5) is 9.18 Å². The molecule has 0 aliphatic carbocycles. The summed E-state index contributed by atoms with van der Waals surface area (Å²) in [7, 11) is 0. The monoisotopic (exact) mass is 488 g/mol. The summed E-state index contributed by atoms with van der Waals surface area (Å²) in [6.45, 7) is 3.25. The number of nitrogens with one attached hydrogen (secondary N) is 1. The van der Waals surface area contributed by atoms with Gasteiger partial charge in [0.1, 0.15) is 29.7 Å². The standard InChI is InChI=1S/C27H25FN4O4/c1-3-27(19-10-12-20(28)13-11-19)25(34)31(26(35)29-27)16-24(33)32-22(23-5-4-14-36-23)15-21(30-32)18-8-6-17(2)7-9-18/h4-14,22H,3,15-16H2,1-2H3,(H,29,35). The van der Waals surface area contributed by atoms with Crippen molar-refractivity contribution in [3.05, 3.63) is 95.2 Å². The van der Waals surface area contributed by atoms with Gasteiger partial charge in [-0.15, -0.1) is 0 Å². The third-order valence-corrected chi connectivity index (χ3v) is 6.76. The first-order valence-corrected chi connectivity index (χ1v) is 11.7. The molecule has 2 aliphatic rings. The molecule has 2 aromatic carbocycles. The number of hydrogen-bond donors (Lipinski definition) is 1. The average Bonchev–Trinajstić information content (AvgIpc) is 3.61. The molecule has 2 unspecified atom stereocenters. The van der Waals surface area contributed by atoms with Gasteiger partial charge in [0.2, 0.25) is 0 Å². The second-order valence-corrected chi connectivity index (χ2v) is 8.97. The average molecular weight is 489 g/mol. The van der Waals surface area contributed by atoms with Gasteiger partial charge in [0, 0.05) is 6.42 Å². The van der Waals surface area contributed by atoms with Crippen LogP contribution in [0.1, 0.15) is 48.3 Å². The van der Waals surface area contributed by atoms with Crippen LogP contribution < -0.4 is 5.32 Å². The lowest BCUT2D eigenvalue weighted by Gasteiger charge is -2.26. The maximum absolute atomic E-state index is 13.5. The summed E-state index contributed by atoms with van der Waals surface area (Å²) in [5.74, 6) is -0.978. The van der Waals surface area contributed by atoms with Crippen LogP contribution in [0.3, 0.4) is 0 Å². The normalized spacial score (nSPS) is 21.6. The molecule has 1 saturated heterocycles. The quantitative estimate of drug-likeness (QED) is 0.525. The maximum atomic E-state index is 13.5. The highest BCUT2D eigenvalue weighted by Crippen LogP contribution is 2.35. The molecule has 3 aromatic rings. The van der Waals surface area contributed by atoms with E-state index in [0.29, 0.717) is 23.5 Å². The van der Waals surface area contributed by atoms with Gasteiger partial charge in [0.15, 0.2) is 0 Å². The van der Waals surface area contributed by atoms with Crippen molar-refractivity contribution in [3.63, 3.8) is 0 Å². The molecular formula is C27H25FN4O4. The fourth-order valence-electron chi connectivity index (χ4n) is 4.71. The lowest BCUT2D eigenvalue weighted by atomic mass is 9.87. The van der Waals surface area contributed by atoms with Crippen molar-refractivity contribution < 1.29 is 23.2 Å². The van der Waals surface area contributed by atoms with Crippen LogP contribution >= 0.6 is 0 Å². The van der Waals surface area contributed by atoms with Crippen molar-refractivity contribution in [2.45, 2.75) is 38.3 Å². The third kappa shape index (κ3) is 3.96. The molecule has 2 atom stereocenters. The Kier molecular flexibility index (Phi) is 5.91. The number of hydrogen-bond acceptors (Lipinski definition) is 5. The Hall–Kier alpha value is -4.27.